The van der Waals surface area contributed by atoms with Gasteiger partial charge < -0.3 is 0 Å². The van der Waals surface area contributed by atoms with Gasteiger partial charge in [0.25, 0.3) is 5.65 Å². The van der Waals surface area contributed by atoms with Crippen molar-refractivity contribution in [3.63, 3.8) is 0 Å². The second-order valence-corrected chi connectivity index (χ2v) is 9.25. The Balaban J connectivity index is 2.17. The molecule has 0 bridgehead atoms. The topological polar surface area (TPSA) is 8.29 Å². The molecule has 0 N–H and O–H groups in total. The molecular formula is C26H29N2+. The van der Waals surface area contributed by atoms with Crippen molar-refractivity contribution in [2.24, 2.45) is 0 Å². The average Bonchev–Trinajstić information content (AvgIpc) is 3.03. The highest BCUT2D eigenvalue weighted by molar-refractivity contribution is 6.12. The van der Waals surface area contributed by atoms with Gasteiger partial charge >= 0.3 is 0 Å². The van der Waals surface area contributed by atoms with Gasteiger partial charge in [0.05, 0.1) is 6.20 Å². The number of hydrogen-bond acceptors (Lipinski definition) is 0. The summed E-state index contributed by atoms with van der Waals surface area (Å²) < 4.78 is 4.96. The molecule has 0 aliphatic carbocycles. The largest absolute Gasteiger partial charge is 0.287 e. The molecule has 0 amide bonds. The number of imidazole rings is 1. The second-order valence-electron chi connectivity index (χ2n) is 9.25. The maximum atomic E-state index is 4.67. The Kier molecular flexibility index (Phi) is 3.42. The molecule has 0 spiro atoms. The van der Waals surface area contributed by atoms with Crippen LogP contribution in [0.4, 0.5) is 0 Å². The number of fused-ring (bicyclic) bond motifs is 3. The third kappa shape index (κ3) is 1.91. The number of hydrogen-bond donors (Lipinski definition) is 0. The zero-order valence-electron chi connectivity index (χ0n) is 17.6. The van der Waals surface area contributed by atoms with Crippen LogP contribution >= 0.6 is 0 Å². The lowest BCUT2D eigenvalue weighted by atomic mass is 9.75. The number of rotatable bonds is 2. The minimum absolute atomic E-state index is 0.0714. The zero-order valence-corrected chi connectivity index (χ0v) is 17.6. The Morgan fingerprint density at radius 3 is 2.46 bits per heavy atom. The molecule has 5 rings (SSSR count). The third-order valence-corrected chi connectivity index (χ3v) is 6.96. The van der Waals surface area contributed by atoms with Crippen LogP contribution in [0.3, 0.4) is 0 Å². The van der Waals surface area contributed by atoms with Gasteiger partial charge in [-0.05, 0) is 46.9 Å². The van der Waals surface area contributed by atoms with Gasteiger partial charge in [0, 0.05) is 17.0 Å². The van der Waals surface area contributed by atoms with E-state index in [1.54, 1.807) is 0 Å². The van der Waals surface area contributed by atoms with Crippen molar-refractivity contribution in [2.75, 3.05) is 0 Å². The van der Waals surface area contributed by atoms with Gasteiger partial charge in [-0.25, -0.2) is 4.57 Å². The number of pyridine rings is 1. The predicted molar refractivity (Wildman–Crippen MR) is 119 cm³/mol. The lowest BCUT2D eigenvalue weighted by molar-refractivity contribution is -0.703. The Hall–Kier alpha value is -2.61. The van der Waals surface area contributed by atoms with Crippen molar-refractivity contribution in [2.45, 2.75) is 58.4 Å². The van der Waals surface area contributed by atoms with Crippen molar-refractivity contribution in [3.8, 4) is 0 Å². The molecule has 4 aromatic rings. The summed E-state index contributed by atoms with van der Waals surface area (Å²) in [5.74, 6) is 0. The van der Waals surface area contributed by atoms with Crippen LogP contribution in [0.2, 0.25) is 0 Å². The molecule has 0 unspecified atom stereocenters. The van der Waals surface area contributed by atoms with E-state index >= 15 is 0 Å². The van der Waals surface area contributed by atoms with E-state index in [9.17, 15) is 0 Å². The van der Waals surface area contributed by atoms with E-state index in [0.717, 1.165) is 12.8 Å². The van der Waals surface area contributed by atoms with Gasteiger partial charge in [-0.1, -0.05) is 65.5 Å². The number of benzene rings is 2. The van der Waals surface area contributed by atoms with Crippen LogP contribution in [0, 0.1) is 0 Å². The summed E-state index contributed by atoms with van der Waals surface area (Å²) in [5, 5.41) is 2.74. The smallest absolute Gasteiger partial charge is 0.213 e. The molecule has 2 heteroatoms. The van der Waals surface area contributed by atoms with Gasteiger partial charge in [0.15, 0.2) is 11.0 Å². The van der Waals surface area contributed by atoms with Gasteiger partial charge in [-0.3, -0.25) is 0 Å². The van der Waals surface area contributed by atoms with Gasteiger partial charge in [-0.15, -0.1) is 0 Å². The Morgan fingerprint density at radius 1 is 1.04 bits per heavy atom. The standard InChI is InChI=1S/C26H29N2/c1-7-26(8-2)17(3)18-12-11-13-19-20(25(4,5)6)16-21-24(23(18)19)28(26)22-14-9-10-15-27(21)22/h9-16H,3,7-8H2,1-2,4-6H3/q+1. The first-order valence-corrected chi connectivity index (χ1v) is 10.5. The van der Waals surface area contributed by atoms with Crippen molar-refractivity contribution < 1.29 is 4.57 Å². The SMILES string of the molecule is C=C1c2cccc3c(C(C)(C)C)cc4c(c23)[n+](c2ccccn42)C1(CC)CC. The Bertz CT molecular complexity index is 1280. The van der Waals surface area contributed by atoms with Crippen molar-refractivity contribution in [1.82, 2.24) is 4.40 Å². The van der Waals surface area contributed by atoms with E-state index in [4.69, 9.17) is 0 Å². The summed E-state index contributed by atoms with van der Waals surface area (Å²) in [5.41, 5.74) is 7.89. The molecule has 1 aliphatic heterocycles. The van der Waals surface area contributed by atoms with Gasteiger partial charge in [0.2, 0.25) is 0 Å². The minimum Gasteiger partial charge on any atom is -0.213 e. The summed E-state index contributed by atoms with van der Waals surface area (Å²) in [6.45, 7) is 16.2. The van der Waals surface area contributed by atoms with Crippen LogP contribution in [0.5, 0.6) is 0 Å². The highest BCUT2D eigenvalue weighted by Crippen LogP contribution is 2.47. The molecular weight excluding hydrogens is 340 g/mol. The van der Waals surface area contributed by atoms with E-state index in [-0.39, 0.29) is 11.0 Å². The highest BCUT2D eigenvalue weighted by Gasteiger charge is 2.46. The summed E-state index contributed by atoms with van der Waals surface area (Å²) in [7, 11) is 0. The van der Waals surface area contributed by atoms with Crippen molar-refractivity contribution in [1.29, 1.82) is 0 Å². The molecule has 2 aromatic carbocycles. The third-order valence-electron chi connectivity index (χ3n) is 6.96. The molecule has 2 nitrogen and oxygen atoms in total. The summed E-state index contributed by atoms with van der Waals surface area (Å²) in [6, 6.07) is 15.8. The first-order valence-electron chi connectivity index (χ1n) is 10.5. The van der Waals surface area contributed by atoms with Crippen molar-refractivity contribution in [3.05, 3.63) is 66.4 Å². The molecule has 0 fully saturated rings. The van der Waals surface area contributed by atoms with Crippen LogP contribution in [0.15, 0.2) is 55.2 Å². The quantitative estimate of drug-likeness (QED) is 0.363. The lowest BCUT2D eigenvalue weighted by Crippen LogP contribution is -2.57. The van der Waals surface area contributed by atoms with E-state index in [1.807, 2.05) is 0 Å². The fourth-order valence-corrected chi connectivity index (χ4v) is 5.47. The number of aromatic nitrogens is 2. The maximum Gasteiger partial charge on any atom is 0.287 e. The highest BCUT2D eigenvalue weighted by atomic mass is 15.2. The molecule has 28 heavy (non-hydrogen) atoms. The first-order chi connectivity index (χ1) is 13.3. The molecule has 0 radical (unpaired) electrons. The van der Waals surface area contributed by atoms with Crippen LogP contribution in [-0.4, -0.2) is 4.40 Å². The zero-order chi connectivity index (χ0) is 19.8. The fraction of sp³-hybridized carbons (Fsp3) is 0.346. The Morgan fingerprint density at radius 2 is 1.79 bits per heavy atom. The van der Waals surface area contributed by atoms with E-state index in [1.165, 1.54) is 44.2 Å². The fourth-order valence-electron chi connectivity index (χ4n) is 5.47. The number of nitrogens with zero attached hydrogens (tertiary/aromatic N) is 2. The predicted octanol–water partition coefficient (Wildman–Crippen LogP) is 6.37. The maximum absolute atomic E-state index is 4.67. The molecule has 0 saturated carbocycles. The summed E-state index contributed by atoms with van der Waals surface area (Å²) in [6.07, 6.45) is 4.28. The lowest BCUT2D eigenvalue weighted by Gasteiger charge is -2.36. The number of allylic oxidation sites excluding steroid dienone is 1. The van der Waals surface area contributed by atoms with Crippen molar-refractivity contribution >= 4 is 33.0 Å². The van der Waals surface area contributed by atoms with Crippen LogP contribution in [-0.2, 0) is 11.0 Å². The van der Waals surface area contributed by atoms with Gasteiger partial charge in [0.1, 0.15) is 5.54 Å². The van der Waals surface area contributed by atoms with Crippen LogP contribution in [0.25, 0.3) is 33.0 Å². The van der Waals surface area contributed by atoms with E-state index in [2.05, 4.69) is 98.8 Å². The normalized spacial score (nSPS) is 16.0. The van der Waals surface area contributed by atoms with E-state index < -0.39 is 0 Å². The molecule has 2 aromatic heterocycles. The van der Waals surface area contributed by atoms with Crippen LogP contribution in [0.1, 0.15) is 58.6 Å². The van der Waals surface area contributed by atoms with E-state index in [0.29, 0.717) is 0 Å². The monoisotopic (exact) mass is 369 g/mol. The van der Waals surface area contributed by atoms with Crippen LogP contribution < -0.4 is 4.57 Å². The Labute approximate surface area is 167 Å². The van der Waals surface area contributed by atoms with Gasteiger partial charge in [-0.2, -0.15) is 4.40 Å². The summed E-state index contributed by atoms with van der Waals surface area (Å²) in [4.78, 5) is 0. The molecule has 142 valence electrons. The molecule has 0 saturated heterocycles. The average molecular weight is 370 g/mol. The molecule has 0 atom stereocenters. The molecule has 3 heterocycles. The molecule has 1 aliphatic rings. The summed E-state index contributed by atoms with van der Waals surface area (Å²) >= 11 is 0. The minimum atomic E-state index is -0.0844. The second kappa shape index (κ2) is 5.47. The first kappa shape index (κ1) is 17.5.